The van der Waals surface area contributed by atoms with Gasteiger partial charge in [0.15, 0.2) is 0 Å². The van der Waals surface area contributed by atoms with Crippen LogP contribution in [0.3, 0.4) is 0 Å². The Labute approximate surface area is 80.8 Å². The summed E-state index contributed by atoms with van der Waals surface area (Å²) in [6.45, 7) is 7.73. The van der Waals surface area contributed by atoms with Crippen LogP contribution in [0.4, 0.5) is 0 Å². The molecule has 1 saturated heterocycles. The topological polar surface area (TPSA) is 24.5 Å². The number of rotatable bonds is 6. The molecule has 0 aromatic heterocycles. The summed E-state index contributed by atoms with van der Waals surface area (Å²) in [5.41, 5.74) is 0. The summed E-state index contributed by atoms with van der Waals surface area (Å²) < 4.78 is 5.03. The molecule has 0 aromatic rings. The van der Waals surface area contributed by atoms with E-state index >= 15 is 0 Å². The third-order valence-electron chi connectivity index (χ3n) is 2.38. The molecule has 0 spiro atoms. The maximum atomic E-state index is 5.03. The highest BCUT2D eigenvalue weighted by Gasteiger charge is 2.17. The SMILES string of the molecule is C=COCCCNC1CCN(C)C1. The van der Waals surface area contributed by atoms with Crippen molar-refractivity contribution >= 4 is 0 Å². The van der Waals surface area contributed by atoms with E-state index in [0.29, 0.717) is 6.04 Å². The van der Waals surface area contributed by atoms with Gasteiger partial charge in [-0.25, -0.2) is 0 Å². The molecule has 0 amide bonds. The molecule has 3 nitrogen and oxygen atoms in total. The summed E-state index contributed by atoms with van der Waals surface area (Å²) in [5.74, 6) is 0. The van der Waals surface area contributed by atoms with Gasteiger partial charge in [0, 0.05) is 12.6 Å². The Bertz CT molecular complexity index is 150. The van der Waals surface area contributed by atoms with Crippen LogP contribution < -0.4 is 5.32 Å². The first-order valence-corrected chi connectivity index (χ1v) is 4.97. The lowest BCUT2D eigenvalue weighted by Crippen LogP contribution is -2.32. The van der Waals surface area contributed by atoms with Crippen molar-refractivity contribution in [2.75, 3.05) is 33.3 Å². The zero-order valence-electron chi connectivity index (χ0n) is 8.46. The Kier molecular flexibility index (Phi) is 4.86. The smallest absolute Gasteiger partial charge is 0.0885 e. The molecule has 0 radical (unpaired) electrons. The normalized spacial score (nSPS) is 23.3. The zero-order valence-corrected chi connectivity index (χ0v) is 8.46. The summed E-state index contributed by atoms with van der Waals surface area (Å²) >= 11 is 0. The monoisotopic (exact) mass is 184 g/mol. The fraction of sp³-hybridized carbons (Fsp3) is 0.800. The molecule has 1 rings (SSSR count). The van der Waals surface area contributed by atoms with Gasteiger partial charge in [0.05, 0.1) is 12.9 Å². The highest BCUT2D eigenvalue weighted by Crippen LogP contribution is 2.05. The fourth-order valence-electron chi connectivity index (χ4n) is 1.65. The van der Waals surface area contributed by atoms with E-state index in [1.807, 2.05) is 0 Å². The molecule has 0 aromatic carbocycles. The molecule has 1 atom stereocenters. The summed E-state index contributed by atoms with van der Waals surface area (Å²) in [5, 5.41) is 3.51. The summed E-state index contributed by atoms with van der Waals surface area (Å²) in [6, 6.07) is 0.689. The van der Waals surface area contributed by atoms with Gasteiger partial charge in [0.2, 0.25) is 0 Å². The van der Waals surface area contributed by atoms with Crippen molar-refractivity contribution in [3.8, 4) is 0 Å². The van der Waals surface area contributed by atoms with E-state index in [2.05, 4.69) is 23.8 Å². The molecule has 0 saturated carbocycles. The van der Waals surface area contributed by atoms with Crippen LogP contribution in [-0.4, -0.2) is 44.2 Å². The van der Waals surface area contributed by atoms with Crippen LogP contribution in [-0.2, 0) is 4.74 Å². The van der Waals surface area contributed by atoms with E-state index in [1.165, 1.54) is 25.8 Å². The number of nitrogens with one attached hydrogen (secondary N) is 1. The highest BCUT2D eigenvalue weighted by atomic mass is 16.5. The van der Waals surface area contributed by atoms with Crippen LogP contribution in [0.25, 0.3) is 0 Å². The number of ether oxygens (including phenoxy) is 1. The van der Waals surface area contributed by atoms with E-state index < -0.39 is 0 Å². The van der Waals surface area contributed by atoms with Gasteiger partial charge in [-0.2, -0.15) is 0 Å². The van der Waals surface area contributed by atoms with Gasteiger partial charge in [-0.05, 0) is 33.0 Å². The summed E-state index contributed by atoms with van der Waals surface area (Å²) in [4.78, 5) is 2.36. The average molecular weight is 184 g/mol. The second kappa shape index (κ2) is 6.00. The van der Waals surface area contributed by atoms with E-state index in [1.54, 1.807) is 0 Å². The van der Waals surface area contributed by atoms with Gasteiger partial charge in [-0.3, -0.25) is 0 Å². The Hall–Kier alpha value is -0.540. The first-order valence-electron chi connectivity index (χ1n) is 4.97. The molecule has 0 aliphatic carbocycles. The van der Waals surface area contributed by atoms with Crippen molar-refractivity contribution in [2.24, 2.45) is 0 Å². The van der Waals surface area contributed by atoms with Crippen molar-refractivity contribution < 1.29 is 4.74 Å². The Morgan fingerprint density at radius 1 is 1.69 bits per heavy atom. The van der Waals surface area contributed by atoms with E-state index in [-0.39, 0.29) is 0 Å². The van der Waals surface area contributed by atoms with Crippen molar-refractivity contribution in [1.82, 2.24) is 10.2 Å². The van der Waals surface area contributed by atoms with Crippen LogP contribution in [0.1, 0.15) is 12.8 Å². The van der Waals surface area contributed by atoms with Crippen molar-refractivity contribution in [3.05, 3.63) is 12.8 Å². The molecule has 0 bridgehead atoms. The van der Waals surface area contributed by atoms with Gasteiger partial charge in [-0.1, -0.05) is 6.58 Å². The molecular weight excluding hydrogens is 164 g/mol. The van der Waals surface area contributed by atoms with Crippen LogP contribution >= 0.6 is 0 Å². The first kappa shape index (κ1) is 10.5. The quantitative estimate of drug-likeness (QED) is 0.489. The molecular formula is C10H20N2O. The molecule has 1 aliphatic rings. The van der Waals surface area contributed by atoms with Crippen LogP contribution in [0.15, 0.2) is 12.8 Å². The van der Waals surface area contributed by atoms with Crippen molar-refractivity contribution in [3.63, 3.8) is 0 Å². The molecule has 1 aliphatic heterocycles. The lowest BCUT2D eigenvalue weighted by atomic mass is 10.2. The van der Waals surface area contributed by atoms with Gasteiger partial charge in [0.25, 0.3) is 0 Å². The molecule has 3 heteroatoms. The summed E-state index contributed by atoms with van der Waals surface area (Å²) in [6.07, 6.45) is 3.84. The summed E-state index contributed by atoms with van der Waals surface area (Å²) in [7, 11) is 2.17. The Balaban J connectivity index is 1.91. The Morgan fingerprint density at radius 2 is 2.54 bits per heavy atom. The maximum absolute atomic E-state index is 5.03. The number of nitrogens with zero attached hydrogens (tertiary/aromatic N) is 1. The minimum absolute atomic E-state index is 0.689. The second-order valence-corrected chi connectivity index (χ2v) is 3.59. The number of hydrogen-bond acceptors (Lipinski definition) is 3. The second-order valence-electron chi connectivity index (χ2n) is 3.59. The minimum atomic E-state index is 0.689. The van der Waals surface area contributed by atoms with Gasteiger partial charge in [0.1, 0.15) is 0 Å². The standard InChI is InChI=1S/C10H20N2O/c1-3-13-8-4-6-11-10-5-7-12(2)9-10/h3,10-11H,1,4-9H2,2H3. The largest absolute Gasteiger partial charge is 0.502 e. The van der Waals surface area contributed by atoms with E-state index in [0.717, 1.165) is 19.6 Å². The highest BCUT2D eigenvalue weighted by molar-refractivity contribution is 4.78. The van der Waals surface area contributed by atoms with Gasteiger partial charge >= 0.3 is 0 Å². The van der Waals surface area contributed by atoms with Crippen molar-refractivity contribution in [2.45, 2.75) is 18.9 Å². The number of likely N-dealkylation sites (tertiary alicyclic amines) is 1. The van der Waals surface area contributed by atoms with E-state index in [4.69, 9.17) is 4.74 Å². The lowest BCUT2D eigenvalue weighted by Gasteiger charge is -2.12. The maximum Gasteiger partial charge on any atom is 0.0885 e. The van der Waals surface area contributed by atoms with Crippen LogP contribution in [0.2, 0.25) is 0 Å². The first-order chi connectivity index (χ1) is 6.33. The average Bonchev–Trinajstić information content (AvgIpc) is 2.51. The molecule has 1 fully saturated rings. The third kappa shape index (κ3) is 4.29. The minimum Gasteiger partial charge on any atom is -0.502 e. The van der Waals surface area contributed by atoms with Gasteiger partial charge in [-0.15, -0.1) is 0 Å². The number of likely N-dealkylation sites (N-methyl/N-ethyl adjacent to an activating group) is 1. The molecule has 1 N–H and O–H groups in total. The van der Waals surface area contributed by atoms with Gasteiger partial charge < -0.3 is 15.0 Å². The van der Waals surface area contributed by atoms with Crippen molar-refractivity contribution in [1.29, 1.82) is 0 Å². The number of hydrogen-bond donors (Lipinski definition) is 1. The molecule has 1 heterocycles. The molecule has 13 heavy (non-hydrogen) atoms. The fourth-order valence-corrected chi connectivity index (χ4v) is 1.65. The predicted molar refractivity (Wildman–Crippen MR) is 54.7 cm³/mol. The molecule has 76 valence electrons. The van der Waals surface area contributed by atoms with Crippen LogP contribution in [0.5, 0.6) is 0 Å². The van der Waals surface area contributed by atoms with E-state index in [9.17, 15) is 0 Å². The molecule has 1 unspecified atom stereocenters. The predicted octanol–water partition coefficient (Wildman–Crippen LogP) is 0.830. The zero-order chi connectivity index (χ0) is 9.52. The lowest BCUT2D eigenvalue weighted by molar-refractivity contribution is 0.242. The van der Waals surface area contributed by atoms with Crippen LogP contribution in [0, 0.1) is 0 Å². The Morgan fingerprint density at radius 3 is 3.15 bits per heavy atom. The third-order valence-corrected chi connectivity index (χ3v) is 2.38.